The number of nitrogens with zero attached hydrogens (tertiary/aromatic N) is 14. The van der Waals surface area contributed by atoms with Crippen molar-refractivity contribution in [2.24, 2.45) is 10.8 Å². The van der Waals surface area contributed by atoms with Gasteiger partial charge in [0, 0.05) is 122 Å². The van der Waals surface area contributed by atoms with E-state index in [0.29, 0.717) is 77.6 Å². The zero-order valence-electron chi connectivity index (χ0n) is 58.3. The fourth-order valence-corrected chi connectivity index (χ4v) is 14.1. The van der Waals surface area contributed by atoms with Crippen LogP contribution in [0.15, 0.2) is 97.1 Å². The molecule has 4 aliphatic heterocycles. The maximum absolute atomic E-state index is 13.1. The lowest BCUT2D eigenvalue weighted by Crippen LogP contribution is -2.56. The molecule has 6 aliphatic rings. The summed E-state index contributed by atoms with van der Waals surface area (Å²) < 4.78 is 42.2. The van der Waals surface area contributed by atoms with Crippen LogP contribution in [0.5, 0.6) is 12.0 Å². The van der Waals surface area contributed by atoms with Crippen molar-refractivity contribution in [2.75, 3.05) is 140 Å². The Morgan fingerprint density at radius 1 is 0.612 bits per heavy atom. The van der Waals surface area contributed by atoms with Crippen LogP contribution in [0.2, 0.25) is 0 Å². The van der Waals surface area contributed by atoms with Gasteiger partial charge in [-0.25, -0.2) is 18.4 Å². The van der Waals surface area contributed by atoms with Crippen molar-refractivity contribution in [3.8, 4) is 24.2 Å². The standard InChI is InChI=1S/C36H47N7O3.C35H42FN7O2.C4H5FO2/c1-25-9-7-10-26-11-8-12-30(31(25)26)41-18-14-28-29(22-41)38-33(45-24-36(15-16-36)23-40(5)6)39-32(28)42-19-20-43(27(21-42)13-17-37)34(44)46-35(2,3)4;1-25-7-4-8-26-9-5-10-30(32(25)26)41-18-13-28-29(22-41)38-34(45-24-35(14-15-35)23-40(2)3)39-33(28)42-19-20-43(27(21-42)12-17-37)31(44)11-6-16-36;5-3-1-2-4(6)7/h7-12,27H,13-16,18-24H2,1-6H3;4-11,27H,12-16,18-24H2,1-3H3;1-2H,3H2,(H,6,7)/b;11-6+;2-1+/t2*27-;/m00./s1. The highest BCUT2D eigenvalue weighted by atomic mass is 19.1. The summed E-state index contributed by atoms with van der Waals surface area (Å²) in [5, 5.41) is 32.1. The molecule has 21 nitrogen and oxygen atoms in total. The number of halogens is 2. The van der Waals surface area contributed by atoms with E-state index in [0.717, 1.165) is 111 Å². The Hall–Kier alpha value is -9.19. The summed E-state index contributed by atoms with van der Waals surface area (Å²) in [5.41, 5.74) is 8.72. The number of hydrogen-bond donors (Lipinski definition) is 1. The Balaban J connectivity index is 0.000000194. The summed E-state index contributed by atoms with van der Waals surface area (Å²) in [6, 6.07) is 30.5. The fraction of sp³-hybridized carbons (Fsp3) is 0.507. The molecule has 12 rings (SSSR count). The van der Waals surface area contributed by atoms with E-state index in [9.17, 15) is 33.7 Å². The third-order valence-corrected chi connectivity index (χ3v) is 19.0. The Bertz CT molecular complexity index is 3980. The van der Waals surface area contributed by atoms with Crippen LogP contribution < -0.4 is 29.1 Å². The van der Waals surface area contributed by atoms with Crippen molar-refractivity contribution in [1.82, 2.24) is 39.5 Å². The van der Waals surface area contributed by atoms with Gasteiger partial charge in [0.1, 0.15) is 30.6 Å². The number of carboxylic acid groups (broad SMARTS) is 1. The molecule has 98 heavy (non-hydrogen) atoms. The molecule has 2 amide bonds. The average molecular weight is 1340 g/mol. The molecule has 0 spiro atoms. The van der Waals surface area contributed by atoms with Gasteiger partial charge in [0.15, 0.2) is 0 Å². The summed E-state index contributed by atoms with van der Waals surface area (Å²) >= 11 is 0. The predicted octanol–water partition coefficient (Wildman–Crippen LogP) is 10.8. The molecule has 2 aromatic heterocycles. The van der Waals surface area contributed by atoms with Crippen LogP contribution in [0.25, 0.3) is 21.5 Å². The number of fused-ring (bicyclic) bond motifs is 4. The quantitative estimate of drug-likeness (QED) is 0.0701. The van der Waals surface area contributed by atoms with Gasteiger partial charge in [-0.2, -0.15) is 30.5 Å². The molecule has 0 unspecified atom stereocenters. The number of hydrogen-bond acceptors (Lipinski definition) is 18. The van der Waals surface area contributed by atoms with Crippen LogP contribution in [-0.2, 0) is 40.3 Å². The number of piperazine rings is 2. The first-order chi connectivity index (χ1) is 47.0. The molecular weight excluding hydrogens is 1250 g/mol. The minimum Gasteiger partial charge on any atom is -0.478 e. The maximum atomic E-state index is 13.1. The minimum absolute atomic E-state index is 0.131. The first kappa shape index (κ1) is 71.6. The molecule has 0 bridgehead atoms. The number of aromatic nitrogens is 4. The number of allylic oxidation sites excluding steroid dienone is 2. The lowest BCUT2D eigenvalue weighted by Gasteiger charge is -2.42. The van der Waals surface area contributed by atoms with E-state index in [1.165, 1.54) is 56.2 Å². The number of aliphatic carboxylic acids is 1. The number of benzene rings is 4. The Morgan fingerprint density at radius 3 is 1.44 bits per heavy atom. The topological polar surface area (TPSA) is 224 Å². The fourth-order valence-electron chi connectivity index (χ4n) is 14.1. The highest BCUT2D eigenvalue weighted by molar-refractivity contribution is 5.98. The third-order valence-electron chi connectivity index (χ3n) is 19.0. The highest BCUT2D eigenvalue weighted by Gasteiger charge is 2.46. The average Bonchev–Trinajstić information content (AvgIpc) is 1.08. The first-order valence-corrected chi connectivity index (χ1v) is 34.1. The molecule has 6 aromatic rings. The van der Waals surface area contributed by atoms with E-state index < -0.39 is 24.9 Å². The number of amides is 2. The second-order valence-corrected chi connectivity index (χ2v) is 28.4. The van der Waals surface area contributed by atoms with Crippen molar-refractivity contribution in [3.05, 3.63) is 131 Å². The van der Waals surface area contributed by atoms with E-state index in [2.05, 4.69) is 156 Å². The zero-order chi connectivity index (χ0) is 69.9. The molecule has 0 radical (unpaired) electrons. The Labute approximate surface area is 574 Å². The first-order valence-electron chi connectivity index (χ1n) is 34.1. The number of carbonyl (C=O) groups excluding carboxylic acids is 2. The van der Waals surface area contributed by atoms with Gasteiger partial charge in [-0.05, 0) is 148 Å². The second kappa shape index (κ2) is 31.6. The SMILES string of the molecule is Cc1cccc2cccc(N3CCc4c(nc(OCC5(CN(C)C)CC5)nc4N4CCN(C(=O)/C=C/CF)[C@@H](CC#N)C4)C3)c12.Cc1cccc2cccc(N3CCc4c(nc(OCC5(CN(C)C)CC5)nc4N4CCN(C(=O)OC(C)(C)C)[C@@H](CC#N)C4)C3)c12.O=C(O)/C=C/CF. The monoisotopic (exact) mass is 1340 g/mol. The third kappa shape index (κ3) is 17.7. The number of alkyl halides is 2. The van der Waals surface area contributed by atoms with Gasteiger partial charge >= 0.3 is 24.1 Å². The van der Waals surface area contributed by atoms with Crippen LogP contribution in [0, 0.1) is 47.3 Å². The summed E-state index contributed by atoms with van der Waals surface area (Å²) in [5.74, 6) is 0.309. The lowest BCUT2D eigenvalue weighted by molar-refractivity contribution is -0.131. The van der Waals surface area contributed by atoms with Crippen LogP contribution in [0.1, 0.15) is 92.9 Å². The van der Waals surface area contributed by atoms with Crippen LogP contribution >= 0.6 is 0 Å². The molecule has 4 aromatic carbocycles. The summed E-state index contributed by atoms with van der Waals surface area (Å²) in [6.07, 6.45) is 10.3. The van der Waals surface area contributed by atoms with Crippen molar-refractivity contribution in [1.29, 1.82) is 10.5 Å². The van der Waals surface area contributed by atoms with Gasteiger partial charge in [-0.3, -0.25) is 4.79 Å². The van der Waals surface area contributed by atoms with Gasteiger partial charge in [0.05, 0.1) is 74.8 Å². The molecule has 2 saturated carbocycles. The summed E-state index contributed by atoms with van der Waals surface area (Å²) in [7, 11) is 8.39. The number of aryl methyl sites for hydroxylation is 2. The number of ether oxygens (including phenoxy) is 3. The zero-order valence-corrected chi connectivity index (χ0v) is 58.3. The number of nitriles is 2. The largest absolute Gasteiger partial charge is 0.478 e. The molecule has 4 fully saturated rings. The van der Waals surface area contributed by atoms with Gasteiger partial charge in [0.2, 0.25) is 5.91 Å². The summed E-state index contributed by atoms with van der Waals surface area (Å²) in [6.45, 7) is 17.5. The van der Waals surface area contributed by atoms with Crippen molar-refractivity contribution >= 4 is 62.5 Å². The molecule has 2 atom stereocenters. The van der Waals surface area contributed by atoms with E-state index in [1.807, 2.05) is 20.8 Å². The van der Waals surface area contributed by atoms with E-state index in [1.54, 1.807) is 9.80 Å². The molecule has 2 aliphatic carbocycles. The number of carbonyl (C=O) groups is 3. The smallest absolute Gasteiger partial charge is 0.410 e. The molecule has 2 saturated heterocycles. The van der Waals surface area contributed by atoms with E-state index >= 15 is 0 Å². The molecule has 520 valence electrons. The Morgan fingerprint density at radius 2 is 1.04 bits per heavy atom. The maximum Gasteiger partial charge on any atom is 0.410 e. The minimum atomic E-state index is -1.11. The van der Waals surface area contributed by atoms with E-state index in [4.69, 9.17) is 39.3 Å². The van der Waals surface area contributed by atoms with Gasteiger partial charge in [-0.15, -0.1) is 0 Å². The van der Waals surface area contributed by atoms with Crippen molar-refractivity contribution in [3.63, 3.8) is 0 Å². The molecule has 23 heteroatoms. The number of rotatable bonds is 20. The van der Waals surface area contributed by atoms with Gasteiger partial charge in [0.25, 0.3) is 0 Å². The normalized spacial score (nSPS) is 18.5. The van der Waals surface area contributed by atoms with Gasteiger partial charge < -0.3 is 58.5 Å². The number of anilines is 4. The predicted molar refractivity (Wildman–Crippen MR) is 377 cm³/mol. The number of carboxylic acids is 1. The van der Waals surface area contributed by atoms with E-state index in [-0.39, 0.29) is 47.8 Å². The van der Waals surface area contributed by atoms with Crippen LogP contribution in [0.3, 0.4) is 0 Å². The molecular formula is C75H94F2N14O7. The summed E-state index contributed by atoms with van der Waals surface area (Å²) in [4.78, 5) is 72.6. The van der Waals surface area contributed by atoms with Crippen molar-refractivity contribution < 1.29 is 42.5 Å². The highest BCUT2D eigenvalue weighted by Crippen LogP contribution is 2.48. The van der Waals surface area contributed by atoms with Crippen LogP contribution in [0.4, 0.5) is 36.6 Å². The van der Waals surface area contributed by atoms with Crippen LogP contribution in [-0.4, -0.2) is 200 Å². The second-order valence-electron chi connectivity index (χ2n) is 28.4. The van der Waals surface area contributed by atoms with Crippen molar-refractivity contribution in [2.45, 2.75) is 117 Å². The molecule has 6 heterocycles. The lowest BCUT2D eigenvalue weighted by atomic mass is 9.99. The molecule has 1 N–H and O–H groups in total. The van der Waals surface area contributed by atoms with Gasteiger partial charge in [-0.1, -0.05) is 60.7 Å². The Kier molecular flexibility index (Phi) is 23.0.